The molecule has 0 radical (unpaired) electrons. The molecule has 1 N–H and O–H groups in total. The summed E-state index contributed by atoms with van der Waals surface area (Å²) in [4.78, 5) is 31.9. The van der Waals surface area contributed by atoms with Gasteiger partial charge in [0.2, 0.25) is 5.91 Å². The van der Waals surface area contributed by atoms with Crippen LogP contribution in [-0.4, -0.2) is 36.2 Å². The monoisotopic (exact) mass is 453 g/mol. The van der Waals surface area contributed by atoms with Gasteiger partial charge in [0.25, 0.3) is 0 Å². The van der Waals surface area contributed by atoms with Crippen molar-refractivity contribution in [3.63, 3.8) is 0 Å². The number of aliphatic imine (C=N–C) groups is 1. The summed E-state index contributed by atoms with van der Waals surface area (Å²) in [6.07, 6.45) is 1.69. The van der Waals surface area contributed by atoms with Crippen LogP contribution in [-0.2, 0) is 20.9 Å². The molecule has 0 aliphatic carbocycles. The second kappa shape index (κ2) is 9.35. The Bertz CT molecular complexity index is 1120. The lowest BCUT2D eigenvalue weighted by Gasteiger charge is -2.36. The number of ether oxygens (including phenoxy) is 2. The molecule has 166 valence electrons. The van der Waals surface area contributed by atoms with Gasteiger partial charge in [0.15, 0.2) is 5.17 Å². The third-order valence-electron chi connectivity index (χ3n) is 5.20. The first-order valence-corrected chi connectivity index (χ1v) is 10.9. The van der Waals surface area contributed by atoms with Gasteiger partial charge in [-0.1, -0.05) is 23.9 Å². The Labute approximate surface area is 190 Å². The van der Waals surface area contributed by atoms with E-state index in [-0.39, 0.29) is 12.3 Å². The fourth-order valence-electron chi connectivity index (χ4n) is 3.69. The Morgan fingerprint density at radius 1 is 1.25 bits per heavy atom. The van der Waals surface area contributed by atoms with Crippen LogP contribution in [0.1, 0.15) is 30.7 Å². The highest BCUT2D eigenvalue weighted by Gasteiger charge is 2.41. The second-order valence-electron chi connectivity index (χ2n) is 7.19. The molecular formula is C23H23N3O5S. The molecule has 0 bridgehead atoms. The molecule has 0 spiro atoms. The van der Waals surface area contributed by atoms with Gasteiger partial charge in [-0.15, -0.1) is 0 Å². The highest BCUT2D eigenvalue weighted by atomic mass is 32.2. The molecule has 32 heavy (non-hydrogen) atoms. The van der Waals surface area contributed by atoms with Crippen LogP contribution < -0.4 is 10.1 Å². The minimum atomic E-state index is -0.496. The number of rotatable bonds is 7. The number of furan rings is 1. The van der Waals surface area contributed by atoms with Crippen molar-refractivity contribution in [1.82, 2.24) is 10.2 Å². The first-order valence-electron chi connectivity index (χ1n) is 9.97. The smallest absolute Gasteiger partial charge is 0.338 e. The summed E-state index contributed by atoms with van der Waals surface area (Å²) in [6.45, 7) is 2.09. The molecule has 3 heterocycles. The van der Waals surface area contributed by atoms with Crippen molar-refractivity contribution in [2.45, 2.75) is 25.9 Å². The van der Waals surface area contributed by atoms with Crippen LogP contribution in [0.4, 0.5) is 0 Å². The summed E-state index contributed by atoms with van der Waals surface area (Å²) in [6, 6.07) is 10.6. The highest BCUT2D eigenvalue weighted by molar-refractivity contribution is 8.16. The average Bonchev–Trinajstić information content (AvgIpc) is 3.46. The summed E-state index contributed by atoms with van der Waals surface area (Å²) in [5, 5.41) is 5.46. The molecule has 2 aromatic rings. The lowest BCUT2D eigenvalue weighted by Crippen LogP contribution is -2.37. The maximum absolute atomic E-state index is 12.7. The number of allylic oxidation sites excluding steroid dienone is 1. The van der Waals surface area contributed by atoms with E-state index in [0.29, 0.717) is 34.5 Å². The number of methoxy groups -OCH3 is 2. The molecule has 1 atom stereocenters. The van der Waals surface area contributed by atoms with Gasteiger partial charge < -0.3 is 24.1 Å². The van der Waals surface area contributed by atoms with Crippen LogP contribution in [0.15, 0.2) is 74.4 Å². The fraction of sp³-hybridized carbons (Fsp3) is 0.261. The van der Waals surface area contributed by atoms with Crippen LogP contribution in [0.3, 0.4) is 0 Å². The number of hydrogen-bond donors (Lipinski definition) is 1. The van der Waals surface area contributed by atoms with Crippen molar-refractivity contribution in [2.24, 2.45) is 4.99 Å². The van der Waals surface area contributed by atoms with E-state index in [1.54, 1.807) is 32.4 Å². The minimum absolute atomic E-state index is 0.126. The molecule has 0 saturated carbocycles. The lowest BCUT2D eigenvalue weighted by molar-refractivity contribution is -0.136. The maximum atomic E-state index is 12.7. The Hall–Kier alpha value is -3.46. The van der Waals surface area contributed by atoms with Crippen molar-refractivity contribution in [3.05, 3.63) is 76.4 Å². The molecule has 8 nitrogen and oxygen atoms in total. The van der Waals surface area contributed by atoms with E-state index < -0.39 is 12.0 Å². The number of carbonyl (C=O) groups is 2. The van der Waals surface area contributed by atoms with Gasteiger partial charge in [-0.25, -0.2) is 9.79 Å². The summed E-state index contributed by atoms with van der Waals surface area (Å²) in [5.41, 5.74) is 2.59. The largest absolute Gasteiger partial charge is 0.497 e. The van der Waals surface area contributed by atoms with Gasteiger partial charge in [0, 0.05) is 5.70 Å². The van der Waals surface area contributed by atoms with Crippen molar-refractivity contribution in [3.8, 4) is 5.75 Å². The third-order valence-corrected chi connectivity index (χ3v) is 6.09. The van der Waals surface area contributed by atoms with Crippen LogP contribution in [0.2, 0.25) is 0 Å². The molecule has 4 rings (SSSR count). The van der Waals surface area contributed by atoms with Gasteiger partial charge in [0.05, 0.1) is 50.8 Å². The lowest BCUT2D eigenvalue weighted by atomic mass is 9.93. The minimum Gasteiger partial charge on any atom is -0.497 e. The first kappa shape index (κ1) is 21.8. The van der Waals surface area contributed by atoms with Crippen molar-refractivity contribution in [1.29, 1.82) is 0 Å². The number of hydrogen-bond acceptors (Lipinski definition) is 8. The van der Waals surface area contributed by atoms with Crippen LogP contribution >= 0.6 is 11.8 Å². The quantitative estimate of drug-likeness (QED) is 0.638. The predicted octanol–water partition coefficient (Wildman–Crippen LogP) is 3.74. The van der Waals surface area contributed by atoms with Gasteiger partial charge in [-0.3, -0.25) is 4.79 Å². The molecule has 2 aliphatic rings. The Kier molecular flexibility index (Phi) is 6.36. The molecule has 0 fully saturated rings. The highest BCUT2D eigenvalue weighted by Crippen LogP contribution is 2.45. The van der Waals surface area contributed by atoms with Crippen molar-refractivity contribution in [2.75, 3.05) is 14.2 Å². The van der Waals surface area contributed by atoms with Crippen molar-refractivity contribution < 1.29 is 23.5 Å². The normalized spacial score (nSPS) is 17.5. The molecule has 9 heteroatoms. The van der Waals surface area contributed by atoms with Crippen LogP contribution in [0.5, 0.6) is 5.75 Å². The summed E-state index contributed by atoms with van der Waals surface area (Å²) in [7, 11) is 2.94. The number of nitrogens with zero attached hydrogens (tertiary/aromatic N) is 2. The number of amides is 1. The standard InChI is InChI=1S/C23H23N3O5S/c1-14-20(22(28)30-3)21(15-6-4-7-17(10-15)29-2)26-16(13-32-23(26)25-14)11-19(27)24-12-18-8-5-9-31-18/h4-10,13,21H,11-12H2,1-3H3,(H,24,27)/t21-/m1/s1. The number of amidine groups is 1. The van der Waals surface area contributed by atoms with Crippen LogP contribution in [0, 0.1) is 0 Å². The molecule has 0 saturated heterocycles. The van der Waals surface area contributed by atoms with Gasteiger partial charge in [-0.2, -0.15) is 0 Å². The molecule has 1 aromatic heterocycles. The van der Waals surface area contributed by atoms with Crippen molar-refractivity contribution >= 4 is 28.8 Å². The molecule has 1 amide bonds. The number of benzene rings is 1. The summed E-state index contributed by atoms with van der Waals surface area (Å²) >= 11 is 1.42. The van der Waals surface area contributed by atoms with Gasteiger partial charge in [0.1, 0.15) is 11.5 Å². The number of carbonyl (C=O) groups excluding carboxylic acids is 2. The molecular weight excluding hydrogens is 430 g/mol. The Morgan fingerprint density at radius 3 is 2.81 bits per heavy atom. The van der Waals surface area contributed by atoms with E-state index in [1.807, 2.05) is 34.6 Å². The topological polar surface area (TPSA) is 93.4 Å². The number of thioether (sulfide) groups is 1. The Morgan fingerprint density at radius 2 is 2.09 bits per heavy atom. The maximum Gasteiger partial charge on any atom is 0.338 e. The predicted molar refractivity (Wildman–Crippen MR) is 121 cm³/mol. The third kappa shape index (κ3) is 4.29. The molecule has 0 unspecified atom stereocenters. The zero-order valence-electron chi connectivity index (χ0n) is 18.0. The van der Waals surface area contributed by atoms with E-state index in [4.69, 9.17) is 13.9 Å². The van der Waals surface area contributed by atoms with E-state index in [1.165, 1.54) is 18.9 Å². The van der Waals surface area contributed by atoms with Gasteiger partial charge >= 0.3 is 5.97 Å². The van der Waals surface area contributed by atoms with E-state index in [0.717, 1.165) is 11.3 Å². The number of esters is 1. The Balaban J connectivity index is 1.64. The molecule has 1 aromatic carbocycles. The molecule has 2 aliphatic heterocycles. The van der Waals surface area contributed by atoms with E-state index in [9.17, 15) is 9.59 Å². The summed E-state index contributed by atoms with van der Waals surface area (Å²) < 4.78 is 15.7. The zero-order chi connectivity index (χ0) is 22.7. The van der Waals surface area contributed by atoms with Crippen LogP contribution in [0.25, 0.3) is 0 Å². The zero-order valence-corrected chi connectivity index (χ0v) is 18.8. The average molecular weight is 454 g/mol. The second-order valence-corrected chi connectivity index (χ2v) is 8.03. The fourth-order valence-corrected chi connectivity index (χ4v) is 4.66. The van der Waals surface area contributed by atoms with E-state index in [2.05, 4.69) is 10.3 Å². The first-order chi connectivity index (χ1) is 15.5. The number of nitrogens with one attached hydrogen (secondary N) is 1. The van der Waals surface area contributed by atoms with Gasteiger partial charge in [-0.05, 0) is 42.2 Å². The SMILES string of the molecule is COC(=O)C1=C(C)N=C2SC=C(CC(=O)NCc3ccco3)N2[C@@H]1c1cccc(OC)c1. The number of fused-ring (bicyclic) bond motifs is 1. The van der Waals surface area contributed by atoms with E-state index >= 15 is 0 Å². The summed E-state index contributed by atoms with van der Waals surface area (Å²) in [5.74, 6) is 0.720.